The third-order valence-corrected chi connectivity index (χ3v) is 1.38. The Hall–Kier alpha value is -2.44. The van der Waals surface area contributed by atoms with Crippen LogP contribution in [0.5, 0.6) is 0 Å². The van der Waals surface area contributed by atoms with Crippen molar-refractivity contribution in [3.63, 3.8) is 0 Å². The van der Waals surface area contributed by atoms with Gasteiger partial charge in [-0.05, 0) is 0 Å². The van der Waals surface area contributed by atoms with E-state index in [1.54, 1.807) is 0 Å². The number of aldehydes is 1. The van der Waals surface area contributed by atoms with Crippen LogP contribution < -0.4 is 11.1 Å². The van der Waals surface area contributed by atoms with Gasteiger partial charge in [0.1, 0.15) is 11.5 Å². The van der Waals surface area contributed by atoms with Crippen molar-refractivity contribution in [3.8, 4) is 0 Å². The third-order valence-electron chi connectivity index (χ3n) is 1.38. The van der Waals surface area contributed by atoms with Gasteiger partial charge in [-0.1, -0.05) is 0 Å². The van der Waals surface area contributed by atoms with Gasteiger partial charge in [-0.3, -0.25) is 20.0 Å². The van der Waals surface area contributed by atoms with Crippen molar-refractivity contribution in [1.82, 2.24) is 5.32 Å². The predicted molar refractivity (Wildman–Crippen MR) is 59.3 cm³/mol. The van der Waals surface area contributed by atoms with E-state index in [-0.39, 0.29) is 12.0 Å². The molecule has 1 amide bonds. The average molecular weight is 224 g/mol. The van der Waals surface area contributed by atoms with E-state index < -0.39 is 17.4 Å². The second kappa shape index (κ2) is 6.93. The first kappa shape index (κ1) is 13.6. The largest absolute Gasteiger partial charge is 0.505 e. The van der Waals surface area contributed by atoms with Gasteiger partial charge in [-0.2, -0.15) is 0 Å². The lowest BCUT2D eigenvalue weighted by atomic mass is 10.3. The van der Waals surface area contributed by atoms with Gasteiger partial charge in [0, 0.05) is 25.5 Å². The minimum Gasteiger partial charge on any atom is -0.505 e. The second-order valence-electron chi connectivity index (χ2n) is 2.56. The quantitative estimate of drug-likeness (QED) is 0.212. The molecule has 5 N–H and O–H groups in total. The van der Waals surface area contributed by atoms with Gasteiger partial charge in [-0.25, -0.2) is 0 Å². The maximum absolute atomic E-state index is 11.2. The first-order valence-electron chi connectivity index (χ1n) is 4.15. The van der Waals surface area contributed by atoms with E-state index in [4.69, 9.17) is 16.2 Å². The van der Waals surface area contributed by atoms with Crippen LogP contribution in [0.2, 0.25) is 0 Å². The van der Waals surface area contributed by atoms with Crippen molar-refractivity contribution >= 4 is 24.1 Å². The second-order valence-corrected chi connectivity index (χ2v) is 2.56. The molecule has 0 atom stereocenters. The van der Waals surface area contributed by atoms with Crippen LogP contribution in [-0.2, 0) is 9.59 Å². The van der Waals surface area contributed by atoms with E-state index in [0.29, 0.717) is 6.08 Å². The molecule has 0 aliphatic carbocycles. The Balaban J connectivity index is 4.60. The Bertz CT molecular complexity index is 382. The number of amides is 1. The summed E-state index contributed by atoms with van der Waals surface area (Å²) in [6, 6.07) is 0. The lowest BCUT2D eigenvalue weighted by Gasteiger charge is -2.01. The highest BCUT2D eigenvalue weighted by Gasteiger charge is 2.05. The summed E-state index contributed by atoms with van der Waals surface area (Å²) in [5.41, 5.74) is 4.72. The van der Waals surface area contributed by atoms with Gasteiger partial charge in [-0.15, -0.1) is 0 Å². The molecule has 0 saturated heterocycles. The van der Waals surface area contributed by atoms with Gasteiger partial charge in [0.15, 0.2) is 6.29 Å². The molecule has 0 spiro atoms. The number of aliphatic hydroxyl groups is 1. The fraction of sp³-hybridized carbons (Fsp3) is 0.111. The molecule has 0 fully saturated rings. The number of hydrogen-bond acceptors (Lipinski definition) is 6. The fourth-order valence-electron chi connectivity index (χ4n) is 0.697. The lowest BCUT2D eigenvalue weighted by molar-refractivity contribution is -0.115. The topological polar surface area (TPSA) is 129 Å². The van der Waals surface area contributed by atoms with Gasteiger partial charge < -0.3 is 16.2 Å². The van der Waals surface area contributed by atoms with Crippen LogP contribution in [-0.4, -0.2) is 36.3 Å². The Morgan fingerprint density at radius 3 is 2.62 bits per heavy atom. The van der Waals surface area contributed by atoms with Crippen LogP contribution in [0.25, 0.3) is 0 Å². The van der Waals surface area contributed by atoms with E-state index >= 15 is 0 Å². The van der Waals surface area contributed by atoms with Crippen molar-refractivity contribution in [2.45, 2.75) is 0 Å². The van der Waals surface area contributed by atoms with E-state index in [0.717, 1.165) is 6.20 Å². The molecule has 0 unspecified atom stereocenters. The van der Waals surface area contributed by atoms with Crippen molar-refractivity contribution in [1.29, 1.82) is 5.41 Å². The first-order chi connectivity index (χ1) is 7.54. The molecule has 0 bridgehead atoms. The number of hydrogen-bond donors (Lipinski definition) is 4. The molecule has 86 valence electrons. The Labute approximate surface area is 91.9 Å². The SMILES string of the molecule is CN=CC(=CN)NC(=O)/C=C(/O)C(=N)C=O. The Kier molecular flexibility index (Phi) is 5.88. The highest BCUT2D eigenvalue weighted by atomic mass is 16.3. The molecule has 0 aromatic heterocycles. The molecule has 0 aromatic rings. The molecule has 0 heterocycles. The summed E-state index contributed by atoms with van der Waals surface area (Å²) in [5.74, 6) is -1.45. The fourth-order valence-corrected chi connectivity index (χ4v) is 0.697. The zero-order chi connectivity index (χ0) is 12.6. The summed E-state index contributed by atoms with van der Waals surface area (Å²) in [4.78, 5) is 24.9. The van der Waals surface area contributed by atoms with Crippen LogP contribution in [0.1, 0.15) is 0 Å². The van der Waals surface area contributed by atoms with Gasteiger partial charge in [0.2, 0.25) is 0 Å². The van der Waals surface area contributed by atoms with E-state index in [1.807, 2.05) is 0 Å². The van der Waals surface area contributed by atoms with Crippen LogP contribution in [0.4, 0.5) is 0 Å². The maximum Gasteiger partial charge on any atom is 0.252 e. The summed E-state index contributed by atoms with van der Waals surface area (Å²) in [6.07, 6.45) is 3.23. The third kappa shape index (κ3) is 4.70. The monoisotopic (exact) mass is 224 g/mol. The number of carbonyl (C=O) groups is 2. The molecular weight excluding hydrogens is 212 g/mol. The summed E-state index contributed by atoms with van der Waals surface area (Å²) < 4.78 is 0. The summed E-state index contributed by atoms with van der Waals surface area (Å²) in [6.45, 7) is 0. The molecule has 16 heavy (non-hydrogen) atoms. The molecular formula is C9H12N4O3. The molecule has 0 saturated carbocycles. The number of aliphatic hydroxyl groups excluding tert-OH is 1. The highest BCUT2D eigenvalue weighted by molar-refractivity contribution is 6.34. The number of nitrogens with two attached hydrogens (primary N) is 1. The predicted octanol–water partition coefficient (Wildman–Crippen LogP) is -0.736. The van der Waals surface area contributed by atoms with Gasteiger partial charge in [0.05, 0.1) is 5.70 Å². The van der Waals surface area contributed by atoms with E-state index in [9.17, 15) is 9.59 Å². The minimum atomic E-state index is -0.725. The van der Waals surface area contributed by atoms with Gasteiger partial charge in [0.25, 0.3) is 5.91 Å². The number of aliphatic imine (C=N–C) groups is 1. The standard InChI is InChI=1S/C9H12N4O3/c1-12-4-6(3-10)13-9(16)2-8(15)7(11)5-14/h2-5,11,15H,10H2,1H3,(H,13,16)/b6-3?,8-2+,11-7?,12-4?. The number of allylic oxidation sites excluding steroid dienone is 2. The van der Waals surface area contributed by atoms with Crippen LogP contribution in [0.15, 0.2) is 28.7 Å². The number of nitrogens with one attached hydrogen (secondary N) is 2. The van der Waals surface area contributed by atoms with Crippen LogP contribution in [0.3, 0.4) is 0 Å². The molecule has 0 rings (SSSR count). The number of nitrogens with zero attached hydrogens (tertiary/aromatic N) is 1. The molecule has 7 nitrogen and oxygen atoms in total. The van der Waals surface area contributed by atoms with Crippen molar-refractivity contribution in [2.24, 2.45) is 10.7 Å². The molecule has 7 heteroatoms. The molecule has 0 aromatic carbocycles. The van der Waals surface area contributed by atoms with E-state index in [1.165, 1.54) is 13.3 Å². The Morgan fingerprint density at radius 1 is 1.56 bits per heavy atom. The number of carbonyl (C=O) groups excluding carboxylic acids is 2. The minimum absolute atomic E-state index is 0.117. The van der Waals surface area contributed by atoms with Crippen LogP contribution >= 0.6 is 0 Å². The molecule has 0 aliphatic rings. The lowest BCUT2D eigenvalue weighted by Crippen LogP contribution is -2.23. The summed E-state index contributed by atoms with van der Waals surface area (Å²) in [7, 11) is 1.49. The Morgan fingerprint density at radius 2 is 2.19 bits per heavy atom. The van der Waals surface area contributed by atoms with Gasteiger partial charge >= 0.3 is 0 Å². The maximum atomic E-state index is 11.2. The van der Waals surface area contributed by atoms with Crippen molar-refractivity contribution in [3.05, 3.63) is 23.7 Å². The smallest absolute Gasteiger partial charge is 0.252 e. The normalized spacial score (nSPS) is 12.6. The molecule has 0 aliphatic heterocycles. The number of rotatable bonds is 5. The average Bonchev–Trinajstić information content (AvgIpc) is 2.27. The first-order valence-corrected chi connectivity index (χ1v) is 4.15. The van der Waals surface area contributed by atoms with Crippen LogP contribution in [0, 0.1) is 5.41 Å². The highest BCUT2D eigenvalue weighted by Crippen LogP contribution is 1.90. The van der Waals surface area contributed by atoms with Crippen molar-refractivity contribution < 1.29 is 14.7 Å². The summed E-state index contributed by atoms with van der Waals surface area (Å²) >= 11 is 0. The zero-order valence-electron chi connectivity index (χ0n) is 8.60. The summed E-state index contributed by atoms with van der Waals surface area (Å²) in [5, 5.41) is 18.3. The molecule has 0 radical (unpaired) electrons. The zero-order valence-corrected chi connectivity index (χ0v) is 8.60. The van der Waals surface area contributed by atoms with Crippen molar-refractivity contribution in [2.75, 3.05) is 7.05 Å². The van der Waals surface area contributed by atoms with E-state index in [2.05, 4.69) is 10.3 Å².